The van der Waals surface area contributed by atoms with E-state index in [1.54, 1.807) is 12.1 Å². The van der Waals surface area contributed by atoms with Crippen molar-refractivity contribution in [1.82, 2.24) is 5.32 Å². The van der Waals surface area contributed by atoms with Crippen LogP contribution in [-0.2, 0) is 4.74 Å². The quantitative estimate of drug-likeness (QED) is 0.721. The van der Waals surface area contributed by atoms with Crippen molar-refractivity contribution in [2.45, 2.75) is 26.4 Å². The molecule has 1 N–H and O–H groups in total. The molecule has 2 aliphatic rings. The van der Waals surface area contributed by atoms with Gasteiger partial charge in [0.2, 0.25) is 0 Å². The molecule has 0 unspecified atom stereocenters. The van der Waals surface area contributed by atoms with Gasteiger partial charge in [0.05, 0.1) is 29.5 Å². The lowest BCUT2D eigenvalue weighted by molar-refractivity contribution is 0.143. The number of ether oxygens (including phenoxy) is 1. The fraction of sp³-hybridized carbons (Fsp3) is 0.579. The maximum Gasteiger partial charge on any atom is 0.414 e. The maximum atomic E-state index is 14.6. The van der Waals surface area contributed by atoms with Crippen LogP contribution in [0.4, 0.5) is 20.6 Å². The fourth-order valence-corrected chi connectivity index (χ4v) is 4.55. The van der Waals surface area contributed by atoms with E-state index in [0.717, 1.165) is 36.0 Å². The van der Waals surface area contributed by atoms with Crippen LogP contribution in [-0.4, -0.2) is 54.9 Å². The summed E-state index contributed by atoms with van der Waals surface area (Å²) in [5.41, 5.74) is 1.13. The van der Waals surface area contributed by atoms with Crippen LogP contribution in [0.1, 0.15) is 20.3 Å². The van der Waals surface area contributed by atoms with Gasteiger partial charge in [0, 0.05) is 31.0 Å². The van der Waals surface area contributed by atoms with E-state index in [1.165, 1.54) is 11.0 Å². The number of cyclic esters (lactones) is 1. The van der Waals surface area contributed by atoms with Gasteiger partial charge in [-0.05, 0) is 24.1 Å². The Balaban J connectivity index is 1.60. The van der Waals surface area contributed by atoms with Crippen LogP contribution in [0.2, 0.25) is 0 Å². The zero-order chi connectivity index (χ0) is 19.4. The van der Waals surface area contributed by atoms with Crippen LogP contribution in [0.5, 0.6) is 0 Å². The molecule has 1 atom stereocenters. The van der Waals surface area contributed by atoms with E-state index in [-0.39, 0.29) is 11.9 Å². The summed E-state index contributed by atoms with van der Waals surface area (Å²) in [6, 6.07) is 4.98. The van der Waals surface area contributed by atoms with Crippen LogP contribution in [0.15, 0.2) is 18.2 Å². The summed E-state index contributed by atoms with van der Waals surface area (Å²) in [6.45, 7) is 6.75. The molecule has 0 aromatic heterocycles. The first-order valence-corrected chi connectivity index (χ1v) is 10.9. The molecule has 1 aromatic carbocycles. The summed E-state index contributed by atoms with van der Waals surface area (Å²) >= 11 is 7.17. The second kappa shape index (κ2) is 9.10. The molecule has 148 valence electrons. The lowest BCUT2D eigenvalue weighted by Gasteiger charge is -2.29. The highest BCUT2D eigenvalue weighted by atomic mass is 32.2. The van der Waals surface area contributed by atoms with E-state index in [9.17, 15) is 9.18 Å². The summed E-state index contributed by atoms with van der Waals surface area (Å²) in [5, 5.41) is 3.16. The third kappa shape index (κ3) is 5.25. The first-order valence-electron chi connectivity index (χ1n) is 9.31. The van der Waals surface area contributed by atoms with E-state index in [0.29, 0.717) is 30.4 Å². The topological polar surface area (TPSA) is 44.8 Å². The number of carbonyl (C=O) groups excluding carboxylic acids is 1. The highest BCUT2D eigenvalue weighted by molar-refractivity contribution is 7.99. The molecule has 5 nitrogen and oxygen atoms in total. The summed E-state index contributed by atoms with van der Waals surface area (Å²) < 4.78 is 20.0. The summed E-state index contributed by atoms with van der Waals surface area (Å²) in [6.07, 6.45) is 0.0593. The molecule has 0 radical (unpaired) electrons. The van der Waals surface area contributed by atoms with Crippen LogP contribution in [0, 0.1) is 11.7 Å². The molecule has 1 amide bonds. The van der Waals surface area contributed by atoms with Crippen molar-refractivity contribution in [2.75, 3.05) is 47.5 Å². The first kappa shape index (κ1) is 20.2. The normalized spacial score (nSPS) is 20.1. The maximum absolute atomic E-state index is 14.6. The average Bonchev–Trinajstić information content (AvgIpc) is 3.01. The number of benzene rings is 1. The van der Waals surface area contributed by atoms with Crippen molar-refractivity contribution in [1.29, 1.82) is 0 Å². The molecule has 1 aromatic rings. The molecule has 2 saturated heterocycles. The Bertz CT molecular complexity index is 696. The predicted molar refractivity (Wildman–Crippen MR) is 114 cm³/mol. The number of thiocarbonyl (C=S) groups is 1. The average molecular weight is 412 g/mol. The standard InChI is InChI=1S/C19H26FN3O2S2/c1-13(2)9-18(26)21-11-15-12-23(19(24)25-15)14-3-4-17(16(20)10-14)22-5-7-27-8-6-22/h3-4,10,13,15H,5-9,11-12H2,1-2H3,(H,21,26)/t15-/m0/s1. The van der Waals surface area contributed by atoms with Gasteiger partial charge in [-0.15, -0.1) is 0 Å². The van der Waals surface area contributed by atoms with Gasteiger partial charge in [0.15, 0.2) is 0 Å². The number of anilines is 2. The third-order valence-corrected chi connectivity index (χ3v) is 5.84. The Morgan fingerprint density at radius 2 is 2.15 bits per heavy atom. The van der Waals surface area contributed by atoms with Gasteiger partial charge >= 0.3 is 6.09 Å². The summed E-state index contributed by atoms with van der Waals surface area (Å²) in [7, 11) is 0. The minimum Gasteiger partial charge on any atom is -0.442 e. The van der Waals surface area contributed by atoms with Crippen molar-refractivity contribution in [3.05, 3.63) is 24.0 Å². The zero-order valence-corrected chi connectivity index (χ0v) is 17.4. The monoisotopic (exact) mass is 411 g/mol. The first-order chi connectivity index (χ1) is 12.9. The van der Waals surface area contributed by atoms with Gasteiger partial charge in [-0.1, -0.05) is 26.1 Å². The molecule has 0 aliphatic carbocycles. The van der Waals surface area contributed by atoms with Gasteiger partial charge in [0.25, 0.3) is 0 Å². The highest BCUT2D eigenvalue weighted by Crippen LogP contribution is 2.29. The number of amides is 1. The SMILES string of the molecule is CC(C)CC(=S)NC[C@H]1CN(c2ccc(N3CCSCC3)c(F)c2)C(=O)O1. The van der Waals surface area contributed by atoms with Gasteiger partial charge in [-0.3, -0.25) is 4.90 Å². The van der Waals surface area contributed by atoms with Crippen LogP contribution < -0.4 is 15.1 Å². The number of rotatable bonds is 6. The Morgan fingerprint density at radius 3 is 2.81 bits per heavy atom. The lowest BCUT2D eigenvalue weighted by atomic mass is 10.1. The van der Waals surface area contributed by atoms with E-state index < -0.39 is 6.09 Å². The van der Waals surface area contributed by atoms with Crippen molar-refractivity contribution < 1.29 is 13.9 Å². The number of hydrogen-bond donors (Lipinski definition) is 1. The highest BCUT2D eigenvalue weighted by Gasteiger charge is 2.33. The van der Waals surface area contributed by atoms with E-state index in [1.807, 2.05) is 11.8 Å². The van der Waals surface area contributed by atoms with Gasteiger partial charge in [0.1, 0.15) is 11.9 Å². The van der Waals surface area contributed by atoms with Gasteiger partial charge in [-0.2, -0.15) is 11.8 Å². The fourth-order valence-electron chi connectivity index (χ4n) is 3.23. The summed E-state index contributed by atoms with van der Waals surface area (Å²) in [4.78, 5) is 16.5. The van der Waals surface area contributed by atoms with E-state index in [4.69, 9.17) is 17.0 Å². The zero-order valence-electron chi connectivity index (χ0n) is 15.7. The van der Waals surface area contributed by atoms with E-state index in [2.05, 4.69) is 24.1 Å². The van der Waals surface area contributed by atoms with Gasteiger partial charge in [-0.25, -0.2) is 9.18 Å². The van der Waals surface area contributed by atoms with Gasteiger partial charge < -0.3 is 15.0 Å². The minimum atomic E-state index is -0.446. The Morgan fingerprint density at radius 1 is 1.41 bits per heavy atom. The van der Waals surface area contributed by atoms with Crippen LogP contribution in [0.25, 0.3) is 0 Å². The van der Waals surface area contributed by atoms with Crippen molar-refractivity contribution >= 4 is 46.4 Å². The lowest BCUT2D eigenvalue weighted by Crippen LogP contribution is -2.34. The number of thioether (sulfide) groups is 1. The molecule has 0 spiro atoms. The van der Waals surface area contributed by atoms with Crippen LogP contribution in [0.3, 0.4) is 0 Å². The molecular formula is C19H26FN3O2S2. The Kier molecular flexibility index (Phi) is 6.81. The molecule has 0 bridgehead atoms. The second-order valence-electron chi connectivity index (χ2n) is 7.25. The third-order valence-electron chi connectivity index (χ3n) is 4.59. The Hall–Kier alpha value is -1.54. The molecule has 2 heterocycles. The molecule has 3 rings (SSSR count). The molecule has 2 aliphatic heterocycles. The molecule has 2 fully saturated rings. The number of nitrogens with one attached hydrogen (secondary N) is 1. The molecule has 0 saturated carbocycles. The second-order valence-corrected chi connectivity index (χ2v) is 8.97. The number of halogens is 1. The smallest absolute Gasteiger partial charge is 0.414 e. The number of nitrogens with zero attached hydrogens (tertiary/aromatic N) is 2. The number of carbonyl (C=O) groups is 1. The molecular weight excluding hydrogens is 385 g/mol. The van der Waals surface area contributed by atoms with Crippen LogP contribution >= 0.6 is 24.0 Å². The van der Waals surface area contributed by atoms with E-state index >= 15 is 0 Å². The van der Waals surface area contributed by atoms with Crippen molar-refractivity contribution in [3.8, 4) is 0 Å². The summed E-state index contributed by atoms with van der Waals surface area (Å²) in [5.74, 6) is 2.19. The van der Waals surface area contributed by atoms with Crippen molar-refractivity contribution in [3.63, 3.8) is 0 Å². The predicted octanol–water partition coefficient (Wildman–Crippen LogP) is 3.67. The number of hydrogen-bond acceptors (Lipinski definition) is 5. The molecule has 27 heavy (non-hydrogen) atoms. The Labute approximate surface area is 169 Å². The van der Waals surface area contributed by atoms with Crippen molar-refractivity contribution in [2.24, 2.45) is 5.92 Å². The minimum absolute atomic E-state index is 0.299. The largest absolute Gasteiger partial charge is 0.442 e. The molecule has 8 heteroatoms.